The number of nitrogens with zero attached hydrogens (tertiary/aromatic N) is 4. The highest BCUT2D eigenvalue weighted by Gasteiger charge is 2.32. The van der Waals surface area contributed by atoms with Crippen LogP contribution in [-0.2, 0) is 13.2 Å². The molecule has 244 valence electrons. The third-order valence-corrected chi connectivity index (χ3v) is 7.58. The number of rotatable bonds is 14. The van der Waals surface area contributed by atoms with Crippen LogP contribution in [-0.4, -0.2) is 51.6 Å². The maximum atomic E-state index is 13.2. The van der Waals surface area contributed by atoms with E-state index < -0.39 is 11.8 Å². The molecule has 2 heterocycles. The van der Waals surface area contributed by atoms with E-state index in [0.29, 0.717) is 43.3 Å². The minimum atomic E-state index is -0.488. The van der Waals surface area contributed by atoms with Gasteiger partial charge in [0.25, 0.3) is 5.91 Å². The van der Waals surface area contributed by atoms with Gasteiger partial charge < -0.3 is 28.7 Å². The number of carbonyl (C=O) groups is 2. The molecule has 0 aliphatic carbocycles. The van der Waals surface area contributed by atoms with Crippen LogP contribution in [0.4, 0.5) is 0 Å². The molecule has 11 heteroatoms. The molecule has 0 aliphatic rings. The number of benzene rings is 3. The Morgan fingerprint density at radius 2 is 1.45 bits per heavy atom. The SMILES string of the molecule is CCNC(=O)c1noc(-c2cc(C(C)C)c(OCc3ccccc3)cc2OCc2ccccc2)c1-c1noc(C(=O)N(CC)CC)n1. The molecule has 0 saturated carbocycles. The Labute approximate surface area is 273 Å². The molecule has 0 fully saturated rings. The van der Waals surface area contributed by atoms with Crippen molar-refractivity contribution < 1.29 is 28.1 Å². The summed E-state index contributed by atoms with van der Waals surface area (Å²) in [6, 6.07) is 23.4. The summed E-state index contributed by atoms with van der Waals surface area (Å²) in [6.45, 7) is 11.5. The Balaban J connectivity index is 1.65. The molecule has 2 aromatic heterocycles. The summed E-state index contributed by atoms with van der Waals surface area (Å²) in [5.41, 5.74) is 3.50. The van der Waals surface area contributed by atoms with E-state index in [0.717, 1.165) is 16.7 Å². The largest absolute Gasteiger partial charge is 0.488 e. The van der Waals surface area contributed by atoms with Crippen LogP contribution in [0.2, 0.25) is 0 Å². The Kier molecular flexibility index (Phi) is 10.7. The van der Waals surface area contributed by atoms with Gasteiger partial charge in [-0.3, -0.25) is 9.59 Å². The molecule has 3 aromatic carbocycles. The van der Waals surface area contributed by atoms with Crippen LogP contribution < -0.4 is 14.8 Å². The highest BCUT2D eigenvalue weighted by Crippen LogP contribution is 2.44. The lowest BCUT2D eigenvalue weighted by atomic mass is 9.96. The van der Waals surface area contributed by atoms with Crippen molar-refractivity contribution >= 4 is 11.8 Å². The van der Waals surface area contributed by atoms with Gasteiger partial charge in [-0.1, -0.05) is 84.8 Å². The van der Waals surface area contributed by atoms with Crippen LogP contribution in [0.15, 0.2) is 81.8 Å². The summed E-state index contributed by atoms with van der Waals surface area (Å²) in [5, 5.41) is 11.0. The highest BCUT2D eigenvalue weighted by molar-refractivity contribution is 6.02. The lowest BCUT2D eigenvalue weighted by molar-refractivity contribution is 0.0723. The zero-order chi connectivity index (χ0) is 33.3. The van der Waals surface area contributed by atoms with Crippen LogP contribution in [0.25, 0.3) is 22.7 Å². The van der Waals surface area contributed by atoms with Gasteiger partial charge in [-0.25, -0.2) is 0 Å². The topological polar surface area (TPSA) is 133 Å². The molecule has 0 unspecified atom stereocenters. The van der Waals surface area contributed by atoms with E-state index in [-0.39, 0.29) is 41.3 Å². The molecule has 0 aliphatic heterocycles. The smallest absolute Gasteiger partial charge is 0.316 e. The lowest BCUT2D eigenvalue weighted by Crippen LogP contribution is -2.30. The average molecular weight is 638 g/mol. The zero-order valence-electron chi connectivity index (χ0n) is 27.3. The fourth-order valence-corrected chi connectivity index (χ4v) is 5.06. The Morgan fingerprint density at radius 3 is 2.02 bits per heavy atom. The molecule has 2 amide bonds. The van der Waals surface area contributed by atoms with Crippen LogP contribution >= 0.6 is 0 Å². The van der Waals surface area contributed by atoms with E-state index >= 15 is 0 Å². The third kappa shape index (κ3) is 7.51. The van der Waals surface area contributed by atoms with Crippen molar-refractivity contribution in [1.82, 2.24) is 25.5 Å². The number of hydrogen-bond acceptors (Lipinski definition) is 9. The maximum absolute atomic E-state index is 13.2. The van der Waals surface area contributed by atoms with Gasteiger partial charge in [-0.2, -0.15) is 4.98 Å². The summed E-state index contributed by atoms with van der Waals surface area (Å²) in [5.74, 6) is 0.191. The maximum Gasteiger partial charge on any atom is 0.316 e. The Morgan fingerprint density at radius 1 is 0.830 bits per heavy atom. The third-order valence-electron chi connectivity index (χ3n) is 7.58. The standard InChI is InChI=1S/C36H39N5O6/c1-6-37-34(42)31-30(33-38-35(47-40-33)36(43)41(7-2)8-3)32(46-39-31)27-19-26(23(4)5)28(44-21-24-15-11-9-12-16-24)20-29(27)45-22-25-17-13-10-14-18-25/h9-20,23H,6-8,21-22H2,1-5H3,(H,37,42). The molecular formula is C36H39N5O6. The number of aromatic nitrogens is 3. The number of amides is 2. The summed E-state index contributed by atoms with van der Waals surface area (Å²) in [4.78, 5) is 32.2. The first kappa shape index (κ1) is 32.9. The normalized spacial score (nSPS) is 11.0. The number of nitrogens with one attached hydrogen (secondary N) is 1. The number of ether oxygens (including phenoxy) is 2. The number of carbonyl (C=O) groups excluding carboxylic acids is 2. The molecule has 0 saturated heterocycles. The molecule has 5 rings (SSSR count). The van der Waals surface area contributed by atoms with Gasteiger partial charge in [0.1, 0.15) is 30.3 Å². The first-order valence-electron chi connectivity index (χ1n) is 15.8. The fraction of sp³-hybridized carbons (Fsp3) is 0.306. The molecule has 0 spiro atoms. The van der Waals surface area contributed by atoms with Crippen molar-refractivity contribution in [3.63, 3.8) is 0 Å². The van der Waals surface area contributed by atoms with Crippen LogP contribution in [0.1, 0.15) is 78.4 Å². The second-order valence-electron chi connectivity index (χ2n) is 11.1. The van der Waals surface area contributed by atoms with Gasteiger partial charge in [0.2, 0.25) is 5.82 Å². The fourth-order valence-electron chi connectivity index (χ4n) is 5.06. The van der Waals surface area contributed by atoms with Gasteiger partial charge in [0.05, 0.1) is 5.56 Å². The molecule has 47 heavy (non-hydrogen) atoms. The summed E-state index contributed by atoms with van der Waals surface area (Å²) in [6.07, 6.45) is 0. The van der Waals surface area contributed by atoms with E-state index in [1.165, 1.54) is 0 Å². The van der Waals surface area contributed by atoms with E-state index in [9.17, 15) is 9.59 Å². The van der Waals surface area contributed by atoms with Gasteiger partial charge in [-0.05, 0) is 49.4 Å². The van der Waals surface area contributed by atoms with Crippen LogP contribution in [0.5, 0.6) is 11.5 Å². The molecule has 11 nitrogen and oxygen atoms in total. The van der Waals surface area contributed by atoms with Gasteiger partial charge in [0.15, 0.2) is 11.5 Å². The Bertz CT molecular complexity index is 1800. The summed E-state index contributed by atoms with van der Waals surface area (Å²) in [7, 11) is 0. The second-order valence-corrected chi connectivity index (χ2v) is 11.1. The summed E-state index contributed by atoms with van der Waals surface area (Å²) < 4.78 is 24.1. The van der Waals surface area contributed by atoms with Crippen molar-refractivity contribution in [2.45, 2.75) is 53.8 Å². The van der Waals surface area contributed by atoms with Crippen molar-refractivity contribution in [3.8, 4) is 34.2 Å². The monoisotopic (exact) mass is 637 g/mol. The molecular weight excluding hydrogens is 598 g/mol. The van der Waals surface area contributed by atoms with Crippen molar-refractivity contribution in [1.29, 1.82) is 0 Å². The molecule has 0 radical (unpaired) electrons. The van der Waals surface area contributed by atoms with E-state index in [1.54, 1.807) is 11.8 Å². The molecule has 1 N–H and O–H groups in total. The average Bonchev–Trinajstić information content (AvgIpc) is 3.76. The van der Waals surface area contributed by atoms with Crippen molar-refractivity contribution in [2.75, 3.05) is 19.6 Å². The van der Waals surface area contributed by atoms with Gasteiger partial charge >= 0.3 is 11.8 Å². The van der Waals surface area contributed by atoms with E-state index in [2.05, 4.69) is 34.5 Å². The first-order valence-corrected chi connectivity index (χ1v) is 15.8. The second kappa shape index (κ2) is 15.2. The quantitative estimate of drug-likeness (QED) is 0.138. The van der Waals surface area contributed by atoms with E-state index in [1.807, 2.05) is 86.6 Å². The molecule has 0 bridgehead atoms. The van der Waals surface area contributed by atoms with Gasteiger partial charge in [-0.15, -0.1) is 0 Å². The van der Waals surface area contributed by atoms with Crippen LogP contribution in [0, 0.1) is 0 Å². The Hall–Kier alpha value is -5.45. The molecule has 0 atom stereocenters. The highest BCUT2D eigenvalue weighted by atomic mass is 16.5. The predicted molar refractivity (Wildman–Crippen MR) is 176 cm³/mol. The van der Waals surface area contributed by atoms with Crippen molar-refractivity contribution in [2.24, 2.45) is 0 Å². The zero-order valence-corrected chi connectivity index (χ0v) is 27.3. The number of hydrogen-bond donors (Lipinski definition) is 1. The van der Waals surface area contributed by atoms with Crippen molar-refractivity contribution in [3.05, 3.63) is 101 Å². The minimum Gasteiger partial charge on any atom is -0.488 e. The molecule has 5 aromatic rings. The predicted octanol–water partition coefficient (Wildman–Crippen LogP) is 6.90. The first-order chi connectivity index (χ1) is 22.8. The van der Waals surface area contributed by atoms with Gasteiger partial charge in [0, 0.05) is 25.7 Å². The lowest BCUT2D eigenvalue weighted by Gasteiger charge is -2.19. The van der Waals surface area contributed by atoms with E-state index in [4.69, 9.17) is 18.5 Å². The minimum absolute atomic E-state index is 0.0116. The van der Waals surface area contributed by atoms with Crippen LogP contribution in [0.3, 0.4) is 0 Å². The summed E-state index contributed by atoms with van der Waals surface area (Å²) >= 11 is 0.